The summed E-state index contributed by atoms with van der Waals surface area (Å²) < 4.78 is 5.60. The Labute approximate surface area is 313 Å². The standard InChI is InChI=1S/C43H55N5O5/c1-45(2)28-42-22-30-18-31(23-42)25-43(24-30,27-42)41(52)48-26-34(49)21-37(48)39(50)44-35(20-29-12-13-32-8-4-5-9-33(32)19-29)40(51)47-16-14-46(15-17-47)36-10-6-7-11-38(36)53-3/h4-13,19,30-31,34-35,37,49H,14-18,20-28H2,1-3H3,(H,44,50). The van der Waals surface area contributed by atoms with E-state index in [-0.39, 0.29) is 36.1 Å². The van der Waals surface area contributed by atoms with Crippen molar-refractivity contribution in [3.05, 3.63) is 72.3 Å². The maximum absolute atomic E-state index is 14.8. The lowest BCUT2D eigenvalue weighted by molar-refractivity contribution is -0.171. The van der Waals surface area contributed by atoms with Crippen LogP contribution in [0.3, 0.4) is 0 Å². The fourth-order valence-electron chi connectivity index (χ4n) is 11.5. The Balaban J connectivity index is 1.02. The molecule has 9 rings (SSSR count). The third-order valence-electron chi connectivity index (χ3n) is 13.0. The number of likely N-dealkylation sites (tertiary alicyclic amines) is 1. The SMILES string of the molecule is COc1ccccc1N1CCN(C(=O)C(Cc2ccc3ccccc3c2)NC(=O)C2CC(O)CN2C(=O)C23CC4CC(CC(CN(C)C)(C4)C2)C3)CC1. The minimum Gasteiger partial charge on any atom is -0.495 e. The van der Waals surface area contributed by atoms with Gasteiger partial charge in [-0.2, -0.15) is 0 Å². The zero-order valence-electron chi connectivity index (χ0n) is 31.5. The number of fused-ring (bicyclic) bond motifs is 1. The molecule has 6 aliphatic rings. The van der Waals surface area contributed by atoms with E-state index in [4.69, 9.17) is 4.74 Å². The monoisotopic (exact) mass is 721 g/mol. The molecule has 3 aromatic carbocycles. The van der Waals surface area contributed by atoms with E-state index >= 15 is 0 Å². The van der Waals surface area contributed by atoms with Crippen molar-refractivity contribution in [1.82, 2.24) is 20.0 Å². The van der Waals surface area contributed by atoms with Crippen LogP contribution in [0.4, 0.5) is 5.69 Å². The minimum atomic E-state index is -0.820. The second-order valence-corrected chi connectivity index (χ2v) is 17.3. The van der Waals surface area contributed by atoms with Gasteiger partial charge in [0.2, 0.25) is 17.7 Å². The number of amides is 3. The molecular formula is C43H55N5O5. The largest absolute Gasteiger partial charge is 0.495 e. The first kappa shape index (κ1) is 35.9. The van der Waals surface area contributed by atoms with Crippen LogP contribution in [0.15, 0.2) is 66.7 Å². The fraction of sp³-hybridized carbons (Fsp3) is 0.558. The van der Waals surface area contributed by atoms with Gasteiger partial charge in [-0.3, -0.25) is 14.4 Å². The maximum atomic E-state index is 14.8. The Kier molecular flexibility index (Phi) is 9.64. The van der Waals surface area contributed by atoms with Crippen LogP contribution < -0.4 is 15.0 Å². The van der Waals surface area contributed by atoms with Gasteiger partial charge in [-0.25, -0.2) is 0 Å². The minimum absolute atomic E-state index is 0.0382. The number of anilines is 1. The van der Waals surface area contributed by atoms with Crippen molar-refractivity contribution >= 4 is 34.2 Å². The first-order valence-corrected chi connectivity index (χ1v) is 19.6. The third kappa shape index (κ3) is 7.00. The summed E-state index contributed by atoms with van der Waals surface area (Å²) >= 11 is 0. The number of ether oxygens (including phenoxy) is 1. The highest BCUT2D eigenvalue weighted by Gasteiger charge is 2.62. The molecule has 53 heavy (non-hydrogen) atoms. The Morgan fingerprint density at radius 3 is 2.32 bits per heavy atom. The molecule has 0 radical (unpaired) electrons. The molecule has 0 spiro atoms. The maximum Gasteiger partial charge on any atom is 0.245 e. The smallest absolute Gasteiger partial charge is 0.245 e. The van der Waals surface area contributed by atoms with Gasteiger partial charge in [0.05, 0.1) is 24.3 Å². The number of β-amino-alcohol motifs (C(OH)–C–C–N with tert-alkyl or cyclic N) is 1. The summed E-state index contributed by atoms with van der Waals surface area (Å²) in [6.07, 6.45) is 5.88. The number of aliphatic hydroxyl groups is 1. The first-order valence-electron chi connectivity index (χ1n) is 19.6. The molecule has 282 valence electrons. The van der Waals surface area contributed by atoms with Gasteiger partial charge in [0.25, 0.3) is 0 Å². The molecule has 10 nitrogen and oxygen atoms in total. The van der Waals surface area contributed by atoms with Crippen molar-refractivity contribution in [3.63, 3.8) is 0 Å². The summed E-state index contributed by atoms with van der Waals surface area (Å²) in [6.45, 7) is 3.43. The van der Waals surface area contributed by atoms with Gasteiger partial charge in [0, 0.05) is 52.1 Å². The van der Waals surface area contributed by atoms with E-state index in [0.29, 0.717) is 44.4 Å². The number of hydrogen-bond donors (Lipinski definition) is 2. The number of aliphatic hydroxyl groups excluding tert-OH is 1. The highest BCUT2D eigenvalue weighted by Crippen LogP contribution is 2.66. The van der Waals surface area contributed by atoms with Crippen LogP contribution in [-0.2, 0) is 20.8 Å². The van der Waals surface area contributed by atoms with Crippen molar-refractivity contribution in [2.45, 2.75) is 69.6 Å². The van der Waals surface area contributed by atoms with Crippen molar-refractivity contribution in [1.29, 1.82) is 0 Å². The zero-order valence-corrected chi connectivity index (χ0v) is 31.5. The number of carbonyl (C=O) groups is 3. The van der Waals surface area contributed by atoms with E-state index in [2.05, 4.69) is 53.5 Å². The summed E-state index contributed by atoms with van der Waals surface area (Å²) in [5.41, 5.74) is 1.60. The molecule has 2 N–H and O–H groups in total. The highest BCUT2D eigenvalue weighted by atomic mass is 16.5. The molecule has 4 bridgehead atoms. The van der Waals surface area contributed by atoms with Crippen molar-refractivity contribution in [3.8, 4) is 5.75 Å². The summed E-state index contributed by atoms with van der Waals surface area (Å²) in [6, 6.07) is 20.6. The molecule has 5 atom stereocenters. The molecule has 2 aliphatic heterocycles. The Morgan fingerprint density at radius 2 is 1.60 bits per heavy atom. The third-order valence-corrected chi connectivity index (χ3v) is 13.0. The number of para-hydroxylation sites is 2. The van der Waals surface area contributed by atoms with Crippen LogP contribution in [-0.4, -0.2) is 116 Å². The van der Waals surface area contributed by atoms with Crippen LogP contribution in [0.1, 0.15) is 50.5 Å². The summed E-state index contributed by atoms with van der Waals surface area (Å²) in [7, 11) is 5.92. The average Bonchev–Trinajstić information content (AvgIpc) is 3.54. The van der Waals surface area contributed by atoms with E-state index in [9.17, 15) is 19.5 Å². The Bertz CT molecular complexity index is 1840. The number of piperazine rings is 1. The molecule has 10 heteroatoms. The number of nitrogens with zero attached hydrogens (tertiary/aromatic N) is 4. The van der Waals surface area contributed by atoms with Gasteiger partial charge in [0.1, 0.15) is 17.8 Å². The first-order chi connectivity index (χ1) is 25.5. The molecule has 3 aromatic rings. The van der Waals surface area contributed by atoms with Crippen LogP contribution in [0.5, 0.6) is 5.75 Å². The topological polar surface area (TPSA) is 106 Å². The molecule has 2 saturated heterocycles. The zero-order chi connectivity index (χ0) is 36.9. The lowest BCUT2D eigenvalue weighted by atomic mass is 9.43. The Morgan fingerprint density at radius 1 is 0.906 bits per heavy atom. The summed E-state index contributed by atoms with van der Waals surface area (Å²) in [5.74, 6) is 1.42. The van der Waals surface area contributed by atoms with E-state index in [0.717, 1.165) is 53.6 Å². The number of rotatable bonds is 10. The van der Waals surface area contributed by atoms with E-state index < -0.39 is 23.6 Å². The van der Waals surface area contributed by atoms with Crippen LogP contribution in [0, 0.1) is 22.7 Å². The summed E-state index contributed by atoms with van der Waals surface area (Å²) in [5, 5.41) is 16.3. The lowest BCUT2D eigenvalue weighted by Gasteiger charge is -2.62. The molecule has 3 amide bonds. The van der Waals surface area contributed by atoms with E-state index in [1.54, 1.807) is 12.0 Å². The number of methoxy groups -OCH3 is 1. The molecular weight excluding hydrogens is 667 g/mol. The van der Waals surface area contributed by atoms with E-state index in [1.165, 1.54) is 19.3 Å². The van der Waals surface area contributed by atoms with Crippen LogP contribution in [0.25, 0.3) is 10.8 Å². The number of nitrogens with one attached hydrogen (secondary N) is 1. The van der Waals surface area contributed by atoms with Gasteiger partial charge in [-0.1, -0.05) is 54.6 Å². The van der Waals surface area contributed by atoms with Crippen LogP contribution >= 0.6 is 0 Å². The fourth-order valence-corrected chi connectivity index (χ4v) is 11.5. The second kappa shape index (κ2) is 14.3. The molecule has 2 heterocycles. The van der Waals surface area contributed by atoms with Gasteiger partial charge in [-0.15, -0.1) is 0 Å². The normalized spacial score (nSPS) is 29.9. The van der Waals surface area contributed by atoms with Crippen molar-refractivity contribution in [2.24, 2.45) is 22.7 Å². The highest BCUT2D eigenvalue weighted by molar-refractivity contribution is 5.94. The quantitative estimate of drug-likeness (QED) is 0.321. The molecule has 5 unspecified atom stereocenters. The predicted octanol–water partition coefficient (Wildman–Crippen LogP) is 4.33. The van der Waals surface area contributed by atoms with Gasteiger partial charge in [-0.05, 0) is 98.3 Å². The number of benzene rings is 3. The second-order valence-electron chi connectivity index (χ2n) is 17.3. The average molecular weight is 722 g/mol. The van der Waals surface area contributed by atoms with Crippen molar-refractivity contribution in [2.75, 3.05) is 65.4 Å². The molecule has 0 aromatic heterocycles. The van der Waals surface area contributed by atoms with Crippen LogP contribution in [0.2, 0.25) is 0 Å². The Hall–Kier alpha value is -4.15. The molecule has 4 aliphatic carbocycles. The summed E-state index contributed by atoms with van der Waals surface area (Å²) in [4.78, 5) is 51.7. The molecule has 4 saturated carbocycles. The number of carbonyl (C=O) groups excluding carboxylic acids is 3. The van der Waals surface area contributed by atoms with Gasteiger partial charge >= 0.3 is 0 Å². The van der Waals surface area contributed by atoms with Gasteiger partial charge < -0.3 is 34.8 Å². The van der Waals surface area contributed by atoms with E-state index in [1.807, 2.05) is 47.4 Å². The van der Waals surface area contributed by atoms with Gasteiger partial charge in [0.15, 0.2) is 0 Å². The predicted molar refractivity (Wildman–Crippen MR) is 206 cm³/mol. The van der Waals surface area contributed by atoms with Crippen molar-refractivity contribution < 1.29 is 24.2 Å². The molecule has 6 fully saturated rings. The lowest BCUT2D eigenvalue weighted by Crippen LogP contribution is -2.62. The number of hydrogen-bond acceptors (Lipinski definition) is 7.